The molecule has 3 rings (SSSR count). The summed E-state index contributed by atoms with van der Waals surface area (Å²) in [7, 11) is 0. The number of anilines is 1. The van der Waals surface area contributed by atoms with Gasteiger partial charge in [0, 0.05) is 17.8 Å². The van der Waals surface area contributed by atoms with E-state index >= 15 is 0 Å². The van der Waals surface area contributed by atoms with E-state index in [1.807, 2.05) is 66.1 Å². The Balaban J connectivity index is 1.70. The third-order valence-corrected chi connectivity index (χ3v) is 4.66. The maximum atomic E-state index is 12.2. The lowest BCUT2D eigenvalue weighted by Gasteiger charge is -2.08. The molecule has 2 aromatic carbocycles. The molecule has 0 saturated heterocycles. The molecule has 132 valence electrons. The molecule has 5 nitrogen and oxygen atoms in total. The maximum absolute atomic E-state index is 12.2. The molecule has 0 unspecified atom stereocenters. The number of allylic oxidation sites excluding steroid dienone is 1. The molecule has 0 aliphatic heterocycles. The van der Waals surface area contributed by atoms with Gasteiger partial charge in [-0.1, -0.05) is 60.3 Å². The largest absolute Gasteiger partial charge is 0.325 e. The van der Waals surface area contributed by atoms with Crippen LogP contribution in [0.2, 0.25) is 0 Å². The molecule has 0 bridgehead atoms. The molecule has 0 saturated carbocycles. The predicted octanol–water partition coefficient (Wildman–Crippen LogP) is 4.17. The number of aryl methyl sites for hydroxylation is 1. The molecule has 26 heavy (non-hydrogen) atoms. The van der Waals surface area contributed by atoms with Gasteiger partial charge in [-0.2, -0.15) is 0 Å². The first-order valence-corrected chi connectivity index (χ1v) is 9.25. The van der Waals surface area contributed by atoms with Crippen molar-refractivity contribution >= 4 is 23.4 Å². The molecule has 6 heteroatoms. The molecular weight excluding hydrogens is 344 g/mol. The second-order valence-corrected chi connectivity index (χ2v) is 6.72. The highest BCUT2D eigenvalue weighted by Crippen LogP contribution is 2.24. The van der Waals surface area contributed by atoms with Crippen LogP contribution in [-0.4, -0.2) is 26.4 Å². The van der Waals surface area contributed by atoms with Gasteiger partial charge in [-0.15, -0.1) is 16.8 Å². The number of thioether (sulfide) groups is 1. The van der Waals surface area contributed by atoms with Crippen LogP contribution in [0.25, 0.3) is 11.4 Å². The van der Waals surface area contributed by atoms with Crippen molar-refractivity contribution in [1.82, 2.24) is 14.8 Å². The normalized spacial score (nSPS) is 10.5. The van der Waals surface area contributed by atoms with Crippen molar-refractivity contribution in [2.24, 2.45) is 0 Å². The average molecular weight is 364 g/mol. The van der Waals surface area contributed by atoms with Crippen molar-refractivity contribution in [3.8, 4) is 11.4 Å². The first-order chi connectivity index (χ1) is 12.7. The Kier molecular flexibility index (Phi) is 5.86. The molecule has 0 aliphatic rings. The fraction of sp³-hybridized carbons (Fsp3) is 0.150. The Hall–Kier alpha value is -2.86. The van der Waals surface area contributed by atoms with Gasteiger partial charge in [0.25, 0.3) is 0 Å². The Morgan fingerprint density at radius 1 is 1.19 bits per heavy atom. The summed E-state index contributed by atoms with van der Waals surface area (Å²) >= 11 is 1.36. The van der Waals surface area contributed by atoms with Crippen LogP contribution in [0.5, 0.6) is 0 Å². The summed E-state index contributed by atoms with van der Waals surface area (Å²) in [6.45, 7) is 6.38. The fourth-order valence-corrected chi connectivity index (χ4v) is 3.29. The topological polar surface area (TPSA) is 59.8 Å². The van der Waals surface area contributed by atoms with Crippen molar-refractivity contribution in [1.29, 1.82) is 0 Å². The maximum Gasteiger partial charge on any atom is 0.234 e. The van der Waals surface area contributed by atoms with E-state index < -0.39 is 0 Å². The van der Waals surface area contributed by atoms with Gasteiger partial charge in [-0.25, -0.2) is 0 Å². The minimum atomic E-state index is -0.0741. The van der Waals surface area contributed by atoms with Gasteiger partial charge in [0.1, 0.15) is 0 Å². The lowest BCUT2D eigenvalue weighted by atomic mass is 10.2. The Morgan fingerprint density at radius 2 is 2.00 bits per heavy atom. The van der Waals surface area contributed by atoms with E-state index in [4.69, 9.17) is 0 Å². The molecule has 1 N–H and O–H groups in total. The van der Waals surface area contributed by atoms with Gasteiger partial charge in [-0.05, 0) is 24.6 Å². The zero-order valence-electron chi connectivity index (χ0n) is 14.6. The van der Waals surface area contributed by atoms with Crippen LogP contribution >= 0.6 is 11.8 Å². The number of hydrogen-bond donors (Lipinski definition) is 1. The Bertz CT molecular complexity index is 905. The summed E-state index contributed by atoms with van der Waals surface area (Å²) in [5.41, 5.74) is 2.89. The molecule has 3 aromatic rings. The third kappa shape index (κ3) is 4.40. The lowest BCUT2D eigenvalue weighted by molar-refractivity contribution is -0.113. The number of rotatable bonds is 7. The number of benzene rings is 2. The first kappa shape index (κ1) is 17.9. The molecule has 0 spiro atoms. The smallest absolute Gasteiger partial charge is 0.234 e. The molecule has 0 aliphatic carbocycles. The fourth-order valence-electron chi connectivity index (χ4n) is 2.54. The van der Waals surface area contributed by atoms with E-state index in [1.54, 1.807) is 6.08 Å². The molecule has 0 atom stereocenters. The molecule has 1 amide bonds. The van der Waals surface area contributed by atoms with Crippen molar-refractivity contribution in [3.63, 3.8) is 0 Å². The van der Waals surface area contributed by atoms with Gasteiger partial charge in [0.2, 0.25) is 5.91 Å². The SMILES string of the molecule is C=CCn1c(SCC(=O)Nc2cccc(C)c2)nnc1-c1ccccc1. The van der Waals surface area contributed by atoms with Gasteiger partial charge in [0.05, 0.1) is 5.75 Å². The number of carbonyl (C=O) groups excluding carboxylic acids is 1. The molecule has 1 aromatic heterocycles. The summed E-state index contributed by atoms with van der Waals surface area (Å²) in [5.74, 6) is 0.958. The Morgan fingerprint density at radius 3 is 2.73 bits per heavy atom. The van der Waals surface area contributed by atoms with Crippen LogP contribution in [0.3, 0.4) is 0 Å². The van der Waals surface area contributed by atoms with E-state index in [0.29, 0.717) is 11.7 Å². The first-order valence-electron chi connectivity index (χ1n) is 8.26. The van der Waals surface area contributed by atoms with Gasteiger partial charge >= 0.3 is 0 Å². The minimum absolute atomic E-state index is 0.0741. The number of nitrogens with zero attached hydrogens (tertiary/aromatic N) is 3. The summed E-state index contributed by atoms with van der Waals surface area (Å²) in [4.78, 5) is 12.2. The van der Waals surface area contributed by atoms with E-state index in [1.165, 1.54) is 11.8 Å². The predicted molar refractivity (Wildman–Crippen MR) is 106 cm³/mol. The average Bonchev–Trinajstić information content (AvgIpc) is 3.04. The van der Waals surface area contributed by atoms with Crippen molar-refractivity contribution < 1.29 is 4.79 Å². The number of carbonyl (C=O) groups is 1. The monoisotopic (exact) mass is 364 g/mol. The van der Waals surface area contributed by atoms with Crippen molar-refractivity contribution in [2.45, 2.75) is 18.6 Å². The van der Waals surface area contributed by atoms with Crippen LogP contribution in [0.15, 0.2) is 72.4 Å². The van der Waals surface area contributed by atoms with Crippen LogP contribution in [0.1, 0.15) is 5.56 Å². The molecule has 0 radical (unpaired) electrons. The zero-order chi connectivity index (χ0) is 18.4. The molecular formula is C20H20N4OS. The third-order valence-electron chi connectivity index (χ3n) is 3.69. The Labute approximate surface area is 157 Å². The van der Waals surface area contributed by atoms with Gasteiger partial charge in [0.15, 0.2) is 11.0 Å². The number of nitrogens with one attached hydrogen (secondary N) is 1. The highest BCUT2D eigenvalue weighted by Gasteiger charge is 2.14. The van der Waals surface area contributed by atoms with Gasteiger partial charge < -0.3 is 5.32 Å². The highest BCUT2D eigenvalue weighted by atomic mass is 32.2. The van der Waals surface area contributed by atoms with Gasteiger partial charge in [-0.3, -0.25) is 9.36 Å². The van der Waals surface area contributed by atoms with Crippen LogP contribution in [0.4, 0.5) is 5.69 Å². The minimum Gasteiger partial charge on any atom is -0.325 e. The van der Waals surface area contributed by atoms with Crippen LogP contribution < -0.4 is 5.32 Å². The highest BCUT2D eigenvalue weighted by molar-refractivity contribution is 7.99. The number of amides is 1. The standard InChI is InChI=1S/C20H20N4OS/c1-3-12-24-19(16-9-5-4-6-10-16)22-23-20(24)26-14-18(25)21-17-11-7-8-15(2)13-17/h3-11,13H,1,12,14H2,2H3,(H,21,25). The van der Waals surface area contributed by atoms with E-state index in [9.17, 15) is 4.79 Å². The second kappa shape index (κ2) is 8.49. The van der Waals surface area contributed by atoms with Crippen molar-refractivity contribution in [2.75, 3.05) is 11.1 Å². The van der Waals surface area contributed by atoms with Crippen LogP contribution in [0, 0.1) is 6.92 Å². The summed E-state index contributed by atoms with van der Waals surface area (Å²) < 4.78 is 1.97. The lowest BCUT2D eigenvalue weighted by Crippen LogP contribution is -2.14. The number of aromatic nitrogens is 3. The second-order valence-electron chi connectivity index (χ2n) is 5.78. The van der Waals surface area contributed by atoms with E-state index in [2.05, 4.69) is 22.1 Å². The van der Waals surface area contributed by atoms with Crippen LogP contribution in [-0.2, 0) is 11.3 Å². The molecule has 0 fully saturated rings. The summed E-state index contributed by atoms with van der Waals surface area (Å²) in [6.07, 6.45) is 1.80. The quantitative estimate of drug-likeness (QED) is 0.505. The molecule has 1 heterocycles. The summed E-state index contributed by atoms with van der Waals surface area (Å²) in [6, 6.07) is 17.6. The van der Waals surface area contributed by atoms with Crippen molar-refractivity contribution in [3.05, 3.63) is 72.8 Å². The van der Waals surface area contributed by atoms with E-state index in [0.717, 1.165) is 22.6 Å². The summed E-state index contributed by atoms with van der Waals surface area (Å²) in [5, 5.41) is 12.1. The number of hydrogen-bond acceptors (Lipinski definition) is 4. The zero-order valence-corrected chi connectivity index (χ0v) is 15.4. The van der Waals surface area contributed by atoms with E-state index in [-0.39, 0.29) is 11.7 Å².